The monoisotopic (exact) mass is 238 g/mol. The maximum Gasteiger partial charge on any atom is 0.0927 e. The molecule has 3 rings (SSSR count). The van der Waals surface area contributed by atoms with Crippen molar-refractivity contribution in [2.24, 2.45) is 0 Å². The Labute approximate surface area is 108 Å². The van der Waals surface area contributed by atoms with E-state index in [0.29, 0.717) is 5.92 Å². The van der Waals surface area contributed by atoms with Crippen LogP contribution >= 0.6 is 0 Å². The van der Waals surface area contributed by atoms with Crippen molar-refractivity contribution < 1.29 is 0 Å². The van der Waals surface area contributed by atoms with Crippen molar-refractivity contribution in [3.63, 3.8) is 0 Å². The Kier molecular flexibility index (Phi) is 2.66. The summed E-state index contributed by atoms with van der Waals surface area (Å²) in [5.74, 6) is 0.486. The zero-order chi connectivity index (χ0) is 12.7. The van der Waals surface area contributed by atoms with Gasteiger partial charge in [0, 0.05) is 18.3 Å². The van der Waals surface area contributed by atoms with Crippen LogP contribution in [0.25, 0.3) is 11.4 Å². The second kappa shape index (κ2) is 4.20. The fourth-order valence-electron chi connectivity index (χ4n) is 2.88. The Balaban J connectivity index is 2.22. The molecule has 0 saturated heterocycles. The van der Waals surface area contributed by atoms with Crippen LogP contribution in [0, 0.1) is 13.8 Å². The van der Waals surface area contributed by atoms with Crippen LogP contribution in [-0.2, 0) is 0 Å². The lowest BCUT2D eigenvalue weighted by Crippen LogP contribution is -1.97. The highest BCUT2D eigenvalue weighted by molar-refractivity contribution is 5.72. The predicted molar refractivity (Wildman–Crippen MR) is 73.7 cm³/mol. The highest BCUT2D eigenvalue weighted by atomic mass is 14.8. The number of pyridine rings is 2. The van der Waals surface area contributed by atoms with Gasteiger partial charge in [-0.3, -0.25) is 9.97 Å². The van der Waals surface area contributed by atoms with Gasteiger partial charge < -0.3 is 0 Å². The van der Waals surface area contributed by atoms with Crippen molar-refractivity contribution >= 4 is 0 Å². The van der Waals surface area contributed by atoms with Crippen LogP contribution < -0.4 is 0 Å². The lowest BCUT2D eigenvalue weighted by Gasteiger charge is -2.12. The summed E-state index contributed by atoms with van der Waals surface area (Å²) < 4.78 is 0. The fourth-order valence-corrected chi connectivity index (χ4v) is 2.88. The first-order valence-corrected chi connectivity index (χ1v) is 6.64. The van der Waals surface area contributed by atoms with Crippen molar-refractivity contribution in [1.82, 2.24) is 9.97 Å². The SMILES string of the molecule is CCCC1c2cc(C)cnc2-c2ncc(C)cc21. The molecule has 2 aromatic rings. The minimum Gasteiger partial charge on any atom is -0.254 e. The molecule has 0 aliphatic heterocycles. The van der Waals surface area contributed by atoms with E-state index in [-0.39, 0.29) is 0 Å². The average Bonchev–Trinajstić information content (AvgIpc) is 2.63. The molecular weight excluding hydrogens is 220 g/mol. The van der Waals surface area contributed by atoms with Crippen LogP contribution in [0.1, 0.15) is 47.9 Å². The molecule has 0 unspecified atom stereocenters. The molecule has 0 atom stereocenters. The molecule has 0 N–H and O–H groups in total. The minimum atomic E-state index is 0.486. The van der Waals surface area contributed by atoms with E-state index in [1.807, 2.05) is 12.4 Å². The molecule has 0 fully saturated rings. The van der Waals surface area contributed by atoms with Crippen molar-refractivity contribution in [2.75, 3.05) is 0 Å². The molecule has 0 radical (unpaired) electrons. The van der Waals surface area contributed by atoms with Crippen molar-refractivity contribution in [3.05, 3.63) is 46.8 Å². The first-order chi connectivity index (χ1) is 8.70. The number of hydrogen-bond donors (Lipinski definition) is 0. The topological polar surface area (TPSA) is 25.8 Å². The molecule has 1 aliphatic rings. The third-order valence-electron chi connectivity index (χ3n) is 3.66. The molecule has 0 amide bonds. The van der Waals surface area contributed by atoms with Gasteiger partial charge in [0.25, 0.3) is 0 Å². The molecule has 1 aliphatic carbocycles. The van der Waals surface area contributed by atoms with E-state index in [1.165, 1.54) is 35.1 Å². The van der Waals surface area contributed by atoms with Gasteiger partial charge in [-0.25, -0.2) is 0 Å². The van der Waals surface area contributed by atoms with Crippen molar-refractivity contribution in [2.45, 2.75) is 39.5 Å². The minimum absolute atomic E-state index is 0.486. The van der Waals surface area contributed by atoms with Gasteiger partial charge in [-0.15, -0.1) is 0 Å². The van der Waals surface area contributed by atoms with E-state index in [1.54, 1.807) is 0 Å². The first kappa shape index (κ1) is 11.4. The van der Waals surface area contributed by atoms with Gasteiger partial charge in [-0.2, -0.15) is 0 Å². The van der Waals surface area contributed by atoms with E-state index in [9.17, 15) is 0 Å². The number of aryl methyl sites for hydroxylation is 2. The van der Waals surface area contributed by atoms with Crippen molar-refractivity contribution in [1.29, 1.82) is 0 Å². The average molecular weight is 238 g/mol. The number of nitrogens with zero attached hydrogens (tertiary/aromatic N) is 2. The van der Waals surface area contributed by atoms with Gasteiger partial charge in [0.1, 0.15) is 0 Å². The van der Waals surface area contributed by atoms with Crippen molar-refractivity contribution in [3.8, 4) is 11.4 Å². The standard InChI is InChI=1S/C16H18N2/c1-4-5-12-13-6-10(2)8-17-15(13)16-14(12)7-11(3)9-18-16/h6-9,12H,4-5H2,1-3H3. The molecule has 2 heteroatoms. The Morgan fingerprint density at radius 2 is 1.44 bits per heavy atom. The zero-order valence-electron chi connectivity index (χ0n) is 11.2. The van der Waals surface area contributed by atoms with Gasteiger partial charge in [0.2, 0.25) is 0 Å². The van der Waals surface area contributed by atoms with Gasteiger partial charge in [0.15, 0.2) is 0 Å². The van der Waals surface area contributed by atoms with Crippen LogP contribution in [0.4, 0.5) is 0 Å². The second-order valence-electron chi connectivity index (χ2n) is 5.24. The van der Waals surface area contributed by atoms with E-state index < -0.39 is 0 Å². The van der Waals surface area contributed by atoms with Gasteiger partial charge in [-0.05, 0) is 42.5 Å². The highest BCUT2D eigenvalue weighted by Gasteiger charge is 2.30. The number of fused-ring (bicyclic) bond motifs is 3. The fraction of sp³-hybridized carbons (Fsp3) is 0.375. The largest absolute Gasteiger partial charge is 0.254 e. The maximum atomic E-state index is 4.60. The summed E-state index contributed by atoms with van der Waals surface area (Å²) in [7, 11) is 0. The first-order valence-electron chi connectivity index (χ1n) is 6.64. The smallest absolute Gasteiger partial charge is 0.0927 e. The maximum absolute atomic E-state index is 4.60. The summed E-state index contributed by atoms with van der Waals surface area (Å²) >= 11 is 0. The molecule has 0 bridgehead atoms. The lowest BCUT2D eigenvalue weighted by molar-refractivity contribution is 0.708. The highest BCUT2D eigenvalue weighted by Crippen LogP contribution is 2.45. The Hall–Kier alpha value is -1.70. The summed E-state index contributed by atoms with van der Waals surface area (Å²) in [5.41, 5.74) is 7.39. The molecule has 18 heavy (non-hydrogen) atoms. The molecule has 92 valence electrons. The van der Waals surface area contributed by atoms with Crippen LogP contribution in [0.2, 0.25) is 0 Å². The summed E-state index contributed by atoms with van der Waals surface area (Å²) in [4.78, 5) is 9.20. The van der Waals surface area contributed by atoms with E-state index in [2.05, 4.69) is 42.9 Å². The molecule has 2 heterocycles. The quantitative estimate of drug-likeness (QED) is 0.790. The number of aromatic nitrogens is 2. The van der Waals surface area contributed by atoms with E-state index in [0.717, 1.165) is 11.4 Å². The van der Waals surface area contributed by atoms with Crippen LogP contribution in [-0.4, -0.2) is 9.97 Å². The third kappa shape index (κ3) is 1.64. The van der Waals surface area contributed by atoms with Gasteiger partial charge in [0.05, 0.1) is 11.4 Å². The Bertz CT molecular complexity index is 551. The zero-order valence-corrected chi connectivity index (χ0v) is 11.2. The van der Waals surface area contributed by atoms with Crippen LogP contribution in [0.5, 0.6) is 0 Å². The molecule has 0 spiro atoms. The van der Waals surface area contributed by atoms with Gasteiger partial charge >= 0.3 is 0 Å². The molecule has 2 nitrogen and oxygen atoms in total. The lowest BCUT2D eigenvalue weighted by atomic mass is 9.92. The summed E-state index contributed by atoms with van der Waals surface area (Å²) in [6.45, 7) is 6.46. The molecule has 2 aromatic heterocycles. The van der Waals surface area contributed by atoms with Crippen LogP contribution in [0.3, 0.4) is 0 Å². The normalized spacial score (nSPS) is 13.5. The summed E-state index contributed by atoms with van der Waals surface area (Å²) in [5, 5.41) is 0. The summed E-state index contributed by atoms with van der Waals surface area (Å²) in [6.07, 6.45) is 6.25. The number of rotatable bonds is 2. The second-order valence-corrected chi connectivity index (χ2v) is 5.24. The molecule has 0 saturated carbocycles. The Morgan fingerprint density at radius 1 is 0.944 bits per heavy atom. The van der Waals surface area contributed by atoms with Gasteiger partial charge in [-0.1, -0.05) is 25.5 Å². The Morgan fingerprint density at radius 3 is 1.89 bits per heavy atom. The predicted octanol–water partition coefficient (Wildman–Crippen LogP) is 4.01. The summed E-state index contributed by atoms with van der Waals surface area (Å²) in [6, 6.07) is 4.55. The molecule has 0 aromatic carbocycles. The molecular formula is C16H18N2. The third-order valence-corrected chi connectivity index (χ3v) is 3.66. The van der Waals surface area contributed by atoms with E-state index >= 15 is 0 Å². The van der Waals surface area contributed by atoms with Crippen LogP contribution in [0.15, 0.2) is 24.5 Å². The van der Waals surface area contributed by atoms with E-state index in [4.69, 9.17) is 0 Å². The number of hydrogen-bond acceptors (Lipinski definition) is 2.